The first-order valence-electron chi connectivity index (χ1n) is 5.91. The van der Waals surface area contributed by atoms with Crippen molar-refractivity contribution in [3.05, 3.63) is 28.8 Å². The molecule has 0 amide bonds. The number of hydrogen-bond acceptors (Lipinski definition) is 2. The molecule has 0 saturated carbocycles. The number of nitrogens with zero attached hydrogens (tertiary/aromatic N) is 1. The van der Waals surface area contributed by atoms with Crippen LogP contribution in [0.2, 0.25) is 5.02 Å². The molecule has 1 nitrogen and oxygen atoms in total. The largest absolute Gasteiger partial charge is 0.243 e. The van der Waals surface area contributed by atoms with Crippen molar-refractivity contribution < 1.29 is 0 Å². The van der Waals surface area contributed by atoms with Gasteiger partial charge in [-0.25, -0.2) is 4.31 Å². The van der Waals surface area contributed by atoms with Gasteiger partial charge >= 0.3 is 0 Å². The van der Waals surface area contributed by atoms with E-state index in [4.69, 9.17) is 11.6 Å². The van der Waals surface area contributed by atoms with Crippen LogP contribution in [0.3, 0.4) is 0 Å². The molecule has 0 N–H and O–H groups in total. The van der Waals surface area contributed by atoms with Gasteiger partial charge in [0.25, 0.3) is 0 Å². The van der Waals surface area contributed by atoms with Crippen LogP contribution in [0.15, 0.2) is 23.1 Å². The highest BCUT2D eigenvalue weighted by Crippen LogP contribution is 2.33. The molecule has 1 aromatic rings. The standard InChI is InChI=1S/C13H18ClNS/c1-3-12-5-4-6-15(12)16-13-8-10(2)7-11(14)9-13/h7-9,12H,3-6H2,1-2H3/t12-/m1/s1. The first-order chi connectivity index (χ1) is 7.69. The van der Waals surface area contributed by atoms with E-state index in [2.05, 4.69) is 30.3 Å². The van der Waals surface area contributed by atoms with Gasteiger partial charge in [0.05, 0.1) is 0 Å². The second-order valence-electron chi connectivity index (χ2n) is 4.40. The Hall–Kier alpha value is -0.180. The van der Waals surface area contributed by atoms with Gasteiger partial charge in [-0.2, -0.15) is 0 Å². The summed E-state index contributed by atoms with van der Waals surface area (Å²) in [6, 6.07) is 7.02. The average molecular weight is 256 g/mol. The van der Waals surface area contributed by atoms with Gasteiger partial charge in [-0.05, 0) is 61.9 Å². The molecule has 2 rings (SSSR count). The summed E-state index contributed by atoms with van der Waals surface area (Å²) in [5.74, 6) is 0. The van der Waals surface area contributed by atoms with Crippen molar-refractivity contribution in [1.82, 2.24) is 4.31 Å². The Labute approximate surface area is 107 Å². The van der Waals surface area contributed by atoms with Gasteiger partial charge in [0.1, 0.15) is 0 Å². The van der Waals surface area contributed by atoms with Gasteiger partial charge in [-0.1, -0.05) is 18.5 Å². The van der Waals surface area contributed by atoms with E-state index in [1.165, 1.54) is 36.3 Å². The fourth-order valence-electron chi connectivity index (χ4n) is 2.23. The van der Waals surface area contributed by atoms with Crippen molar-refractivity contribution in [2.24, 2.45) is 0 Å². The Morgan fingerprint density at radius 2 is 2.25 bits per heavy atom. The van der Waals surface area contributed by atoms with Gasteiger partial charge in [0.2, 0.25) is 0 Å². The topological polar surface area (TPSA) is 3.24 Å². The van der Waals surface area contributed by atoms with E-state index in [-0.39, 0.29) is 0 Å². The van der Waals surface area contributed by atoms with Crippen LogP contribution in [0.5, 0.6) is 0 Å². The van der Waals surface area contributed by atoms with E-state index in [1.54, 1.807) is 0 Å². The smallest absolute Gasteiger partial charge is 0.0420 e. The second-order valence-corrected chi connectivity index (χ2v) is 5.96. The minimum Gasteiger partial charge on any atom is -0.243 e. The van der Waals surface area contributed by atoms with Crippen LogP contribution in [0.25, 0.3) is 0 Å². The summed E-state index contributed by atoms with van der Waals surface area (Å²) in [7, 11) is 0. The van der Waals surface area contributed by atoms with Crippen molar-refractivity contribution in [2.45, 2.75) is 44.0 Å². The van der Waals surface area contributed by atoms with E-state index in [0.29, 0.717) is 0 Å². The molecule has 0 bridgehead atoms. The SMILES string of the molecule is CC[C@@H]1CCCN1Sc1cc(C)cc(Cl)c1. The molecule has 1 saturated heterocycles. The molecule has 1 aliphatic heterocycles. The molecular formula is C13H18ClNS. The van der Waals surface area contributed by atoms with Crippen LogP contribution < -0.4 is 0 Å². The number of benzene rings is 1. The van der Waals surface area contributed by atoms with Crippen molar-refractivity contribution in [3.63, 3.8) is 0 Å². The monoisotopic (exact) mass is 255 g/mol. The zero-order valence-corrected chi connectivity index (χ0v) is 11.4. The van der Waals surface area contributed by atoms with E-state index >= 15 is 0 Å². The summed E-state index contributed by atoms with van der Waals surface area (Å²) in [6.45, 7) is 5.57. The van der Waals surface area contributed by atoms with Gasteiger partial charge in [0.15, 0.2) is 0 Å². The van der Waals surface area contributed by atoms with Gasteiger partial charge in [-0.15, -0.1) is 0 Å². The zero-order chi connectivity index (χ0) is 11.5. The molecule has 16 heavy (non-hydrogen) atoms. The molecular weight excluding hydrogens is 238 g/mol. The Balaban J connectivity index is 2.08. The highest BCUT2D eigenvalue weighted by Gasteiger charge is 2.23. The van der Waals surface area contributed by atoms with Crippen LogP contribution in [0, 0.1) is 6.92 Å². The van der Waals surface area contributed by atoms with Crippen molar-refractivity contribution in [3.8, 4) is 0 Å². The first kappa shape index (κ1) is 12.3. The number of halogens is 1. The van der Waals surface area contributed by atoms with Crippen LogP contribution in [-0.2, 0) is 0 Å². The summed E-state index contributed by atoms with van der Waals surface area (Å²) in [4.78, 5) is 1.27. The highest BCUT2D eigenvalue weighted by molar-refractivity contribution is 7.97. The van der Waals surface area contributed by atoms with Crippen LogP contribution in [0.1, 0.15) is 31.7 Å². The Morgan fingerprint density at radius 3 is 2.94 bits per heavy atom. The third-order valence-corrected chi connectivity index (χ3v) is 4.41. The summed E-state index contributed by atoms with van der Waals surface area (Å²) >= 11 is 7.94. The zero-order valence-electron chi connectivity index (χ0n) is 9.87. The molecule has 1 aliphatic rings. The maximum Gasteiger partial charge on any atom is 0.0420 e. The lowest BCUT2D eigenvalue weighted by atomic mass is 10.2. The van der Waals surface area contributed by atoms with Crippen molar-refractivity contribution in [1.29, 1.82) is 0 Å². The Bertz CT molecular complexity index is 347. The van der Waals surface area contributed by atoms with Crippen LogP contribution in [-0.4, -0.2) is 16.9 Å². The molecule has 88 valence electrons. The maximum atomic E-state index is 6.07. The van der Waals surface area contributed by atoms with Crippen molar-refractivity contribution >= 4 is 23.5 Å². The Morgan fingerprint density at radius 1 is 1.44 bits per heavy atom. The lowest BCUT2D eigenvalue weighted by Gasteiger charge is -2.22. The lowest BCUT2D eigenvalue weighted by molar-refractivity contribution is 0.425. The molecule has 1 heterocycles. The van der Waals surface area contributed by atoms with E-state index in [9.17, 15) is 0 Å². The molecule has 0 radical (unpaired) electrons. The minimum absolute atomic E-state index is 0.740. The van der Waals surface area contributed by atoms with Gasteiger partial charge in [-0.3, -0.25) is 0 Å². The maximum absolute atomic E-state index is 6.07. The number of hydrogen-bond donors (Lipinski definition) is 0. The highest BCUT2D eigenvalue weighted by atomic mass is 35.5. The molecule has 0 aliphatic carbocycles. The average Bonchev–Trinajstić information content (AvgIpc) is 2.63. The normalized spacial score (nSPS) is 21.6. The van der Waals surface area contributed by atoms with Crippen LogP contribution in [0.4, 0.5) is 0 Å². The summed E-state index contributed by atoms with van der Waals surface area (Å²) in [5.41, 5.74) is 1.24. The first-order valence-corrected chi connectivity index (χ1v) is 7.06. The molecule has 3 heteroatoms. The predicted octanol–water partition coefficient (Wildman–Crippen LogP) is 4.53. The minimum atomic E-state index is 0.740. The number of rotatable bonds is 3. The molecule has 1 fully saturated rings. The summed E-state index contributed by atoms with van der Waals surface area (Å²) < 4.78 is 2.51. The summed E-state index contributed by atoms with van der Waals surface area (Å²) in [5, 5.41) is 0.842. The molecule has 0 spiro atoms. The third-order valence-electron chi connectivity index (χ3n) is 3.03. The van der Waals surface area contributed by atoms with E-state index in [0.717, 1.165) is 11.1 Å². The Kier molecular flexibility index (Phi) is 4.17. The lowest BCUT2D eigenvalue weighted by Crippen LogP contribution is -2.21. The van der Waals surface area contributed by atoms with E-state index < -0.39 is 0 Å². The quantitative estimate of drug-likeness (QED) is 0.730. The predicted molar refractivity (Wildman–Crippen MR) is 72.1 cm³/mol. The third kappa shape index (κ3) is 2.93. The molecule has 0 aromatic heterocycles. The van der Waals surface area contributed by atoms with Gasteiger partial charge < -0.3 is 0 Å². The summed E-state index contributed by atoms with van der Waals surface area (Å²) in [6.07, 6.45) is 3.90. The molecule has 1 aromatic carbocycles. The van der Waals surface area contributed by atoms with E-state index in [1.807, 2.05) is 18.0 Å². The van der Waals surface area contributed by atoms with Crippen molar-refractivity contribution in [2.75, 3.05) is 6.54 Å². The molecule has 1 atom stereocenters. The van der Waals surface area contributed by atoms with Crippen LogP contribution >= 0.6 is 23.5 Å². The van der Waals surface area contributed by atoms with Gasteiger partial charge in [0, 0.05) is 22.5 Å². The second kappa shape index (κ2) is 5.44. The molecule has 0 unspecified atom stereocenters. The fraction of sp³-hybridized carbons (Fsp3) is 0.538. The number of aryl methyl sites for hydroxylation is 1. The fourth-order valence-corrected chi connectivity index (χ4v) is 3.90.